The van der Waals surface area contributed by atoms with Crippen LogP contribution in [0.4, 0.5) is 0 Å². The molecule has 0 aliphatic heterocycles. The van der Waals surface area contributed by atoms with Gasteiger partial charge in [-0.3, -0.25) is 0 Å². The molecule has 20 heavy (non-hydrogen) atoms. The van der Waals surface area contributed by atoms with Crippen molar-refractivity contribution in [2.45, 2.75) is 26.3 Å². The lowest BCUT2D eigenvalue weighted by Gasteiger charge is -2.12. The van der Waals surface area contributed by atoms with Crippen molar-refractivity contribution in [3.05, 3.63) is 45.7 Å². The van der Waals surface area contributed by atoms with Gasteiger partial charge in [-0.25, -0.2) is 9.97 Å². The molecule has 0 saturated carbocycles. The van der Waals surface area contributed by atoms with Gasteiger partial charge >= 0.3 is 0 Å². The Labute approximate surface area is 121 Å². The van der Waals surface area contributed by atoms with Crippen LogP contribution < -0.4 is 5.32 Å². The topological polar surface area (TPSA) is 51.0 Å². The molecule has 1 N–H and O–H groups in total. The minimum Gasteiger partial charge on any atom is -0.441 e. The summed E-state index contributed by atoms with van der Waals surface area (Å²) in [4.78, 5) is 10.3. The zero-order valence-corrected chi connectivity index (χ0v) is 12.6. The third kappa shape index (κ3) is 2.46. The Kier molecular flexibility index (Phi) is 3.54. The molecule has 104 valence electrons. The largest absolute Gasteiger partial charge is 0.441 e. The fraction of sp³-hybridized carbons (Fsp3) is 0.333. The van der Waals surface area contributed by atoms with Gasteiger partial charge in [-0.05, 0) is 33.0 Å². The molecule has 0 spiro atoms. The summed E-state index contributed by atoms with van der Waals surface area (Å²) in [6.45, 7) is 4.09. The molecule has 5 heteroatoms. The minimum absolute atomic E-state index is 0.189. The predicted molar refractivity (Wildman–Crippen MR) is 81.1 cm³/mol. The zero-order chi connectivity index (χ0) is 14.1. The van der Waals surface area contributed by atoms with Gasteiger partial charge in [-0.2, -0.15) is 0 Å². The van der Waals surface area contributed by atoms with Crippen LogP contribution in [0.2, 0.25) is 0 Å². The van der Waals surface area contributed by atoms with Crippen molar-refractivity contribution < 1.29 is 4.42 Å². The molecule has 0 bridgehead atoms. The van der Waals surface area contributed by atoms with Gasteiger partial charge in [0.25, 0.3) is 0 Å². The number of nitrogens with one attached hydrogen (secondary N) is 1. The summed E-state index contributed by atoms with van der Waals surface area (Å²) in [5.74, 6) is 0.760. The molecule has 0 fully saturated rings. The van der Waals surface area contributed by atoms with Gasteiger partial charge in [0, 0.05) is 11.3 Å². The van der Waals surface area contributed by atoms with Gasteiger partial charge in [-0.1, -0.05) is 12.1 Å². The second-order valence-corrected chi connectivity index (χ2v) is 6.04. The molecule has 3 rings (SSSR count). The SMILES string of the molecule is CNC(Cc1nc2ccccc2o1)c1sc(C)nc1C. The van der Waals surface area contributed by atoms with Gasteiger partial charge in [0.15, 0.2) is 11.5 Å². The number of rotatable bonds is 4. The number of benzene rings is 1. The van der Waals surface area contributed by atoms with E-state index in [2.05, 4.69) is 22.2 Å². The first kappa shape index (κ1) is 13.3. The van der Waals surface area contributed by atoms with Crippen LogP contribution in [0.3, 0.4) is 0 Å². The molecule has 0 radical (unpaired) electrons. The number of hydrogen-bond acceptors (Lipinski definition) is 5. The highest BCUT2D eigenvalue weighted by atomic mass is 32.1. The van der Waals surface area contributed by atoms with Crippen LogP contribution in [0.15, 0.2) is 28.7 Å². The molecule has 0 amide bonds. The van der Waals surface area contributed by atoms with Crippen molar-refractivity contribution in [2.24, 2.45) is 0 Å². The highest BCUT2D eigenvalue weighted by Crippen LogP contribution is 2.28. The Bertz CT molecular complexity index is 699. The summed E-state index contributed by atoms with van der Waals surface area (Å²) in [7, 11) is 1.96. The molecule has 0 saturated heterocycles. The molecule has 2 aromatic heterocycles. The maximum atomic E-state index is 5.80. The van der Waals surface area contributed by atoms with Crippen LogP contribution in [0.1, 0.15) is 27.5 Å². The van der Waals surface area contributed by atoms with E-state index in [-0.39, 0.29) is 6.04 Å². The van der Waals surface area contributed by atoms with E-state index in [0.29, 0.717) is 0 Å². The molecular weight excluding hydrogens is 270 g/mol. The van der Waals surface area contributed by atoms with Gasteiger partial charge in [0.05, 0.1) is 16.7 Å². The fourth-order valence-electron chi connectivity index (χ4n) is 2.38. The number of thiazole rings is 1. The number of oxazole rings is 1. The normalized spacial score (nSPS) is 12.9. The number of likely N-dealkylation sites (N-methyl/N-ethyl adjacent to an activating group) is 1. The maximum Gasteiger partial charge on any atom is 0.197 e. The Morgan fingerprint density at radius 3 is 2.70 bits per heavy atom. The molecule has 0 aliphatic rings. The monoisotopic (exact) mass is 287 g/mol. The molecule has 3 aromatic rings. The summed E-state index contributed by atoms with van der Waals surface area (Å²) >= 11 is 1.73. The number of nitrogens with zero attached hydrogens (tertiary/aromatic N) is 2. The van der Waals surface area contributed by atoms with Crippen molar-refractivity contribution in [3.63, 3.8) is 0 Å². The van der Waals surface area contributed by atoms with E-state index >= 15 is 0 Å². The van der Waals surface area contributed by atoms with Crippen LogP contribution in [0.25, 0.3) is 11.1 Å². The minimum atomic E-state index is 0.189. The average molecular weight is 287 g/mol. The van der Waals surface area contributed by atoms with E-state index in [1.165, 1.54) is 4.88 Å². The van der Waals surface area contributed by atoms with Crippen LogP contribution >= 0.6 is 11.3 Å². The van der Waals surface area contributed by atoms with E-state index in [0.717, 1.165) is 34.1 Å². The summed E-state index contributed by atoms with van der Waals surface area (Å²) in [5.41, 5.74) is 2.84. The fourth-order valence-corrected chi connectivity index (χ4v) is 3.42. The molecule has 0 aliphatic carbocycles. The van der Waals surface area contributed by atoms with Crippen molar-refractivity contribution >= 4 is 22.4 Å². The van der Waals surface area contributed by atoms with Gasteiger partial charge < -0.3 is 9.73 Å². The quantitative estimate of drug-likeness (QED) is 0.799. The Morgan fingerprint density at radius 1 is 1.25 bits per heavy atom. The second-order valence-electron chi connectivity index (χ2n) is 4.80. The highest BCUT2D eigenvalue weighted by molar-refractivity contribution is 7.11. The van der Waals surface area contributed by atoms with E-state index in [1.54, 1.807) is 11.3 Å². The molecule has 1 unspecified atom stereocenters. The van der Waals surface area contributed by atoms with Crippen LogP contribution in [-0.2, 0) is 6.42 Å². The third-order valence-electron chi connectivity index (χ3n) is 3.32. The third-order valence-corrected chi connectivity index (χ3v) is 4.51. The summed E-state index contributed by atoms with van der Waals surface area (Å²) < 4.78 is 5.80. The Balaban J connectivity index is 1.89. The predicted octanol–water partition coefficient (Wildman–Crippen LogP) is 3.40. The van der Waals surface area contributed by atoms with E-state index in [4.69, 9.17) is 4.42 Å². The lowest BCUT2D eigenvalue weighted by atomic mass is 10.1. The van der Waals surface area contributed by atoms with Crippen LogP contribution in [0, 0.1) is 13.8 Å². The smallest absolute Gasteiger partial charge is 0.197 e. The Morgan fingerprint density at radius 2 is 2.05 bits per heavy atom. The first-order valence-corrected chi connectivity index (χ1v) is 7.44. The molecule has 2 heterocycles. The molecule has 4 nitrogen and oxygen atoms in total. The van der Waals surface area contributed by atoms with E-state index < -0.39 is 0 Å². The van der Waals surface area contributed by atoms with Crippen molar-refractivity contribution in [2.75, 3.05) is 7.05 Å². The molecule has 1 aromatic carbocycles. The van der Waals surface area contributed by atoms with Crippen molar-refractivity contribution in [3.8, 4) is 0 Å². The number of aromatic nitrogens is 2. The van der Waals surface area contributed by atoms with Gasteiger partial charge in [0.2, 0.25) is 0 Å². The zero-order valence-electron chi connectivity index (χ0n) is 11.8. The van der Waals surface area contributed by atoms with Gasteiger partial charge in [0.1, 0.15) is 5.52 Å². The standard InChI is InChI=1S/C15H17N3OS/c1-9-15(20-10(2)17-9)12(16-3)8-14-18-11-6-4-5-7-13(11)19-14/h4-7,12,16H,8H2,1-3H3. The summed E-state index contributed by atoms with van der Waals surface area (Å²) in [6, 6.07) is 8.04. The number of para-hydroxylation sites is 2. The lowest BCUT2D eigenvalue weighted by molar-refractivity contribution is 0.476. The summed E-state index contributed by atoms with van der Waals surface area (Å²) in [6.07, 6.45) is 0.730. The van der Waals surface area contributed by atoms with E-state index in [1.807, 2.05) is 38.2 Å². The molecule has 1 atom stereocenters. The number of aryl methyl sites for hydroxylation is 2. The first-order valence-electron chi connectivity index (χ1n) is 6.63. The Hall–Kier alpha value is -1.72. The van der Waals surface area contributed by atoms with Crippen molar-refractivity contribution in [1.82, 2.24) is 15.3 Å². The van der Waals surface area contributed by atoms with E-state index in [9.17, 15) is 0 Å². The number of hydrogen-bond donors (Lipinski definition) is 1. The van der Waals surface area contributed by atoms with Gasteiger partial charge in [-0.15, -0.1) is 11.3 Å². The van der Waals surface area contributed by atoms with Crippen LogP contribution in [0.5, 0.6) is 0 Å². The lowest BCUT2D eigenvalue weighted by Crippen LogP contribution is -2.18. The van der Waals surface area contributed by atoms with Crippen molar-refractivity contribution in [1.29, 1.82) is 0 Å². The van der Waals surface area contributed by atoms with Crippen LogP contribution in [-0.4, -0.2) is 17.0 Å². The molecular formula is C15H17N3OS. The second kappa shape index (κ2) is 5.34. The average Bonchev–Trinajstić information content (AvgIpc) is 2.98. The number of fused-ring (bicyclic) bond motifs is 1. The first-order chi connectivity index (χ1) is 9.67. The maximum absolute atomic E-state index is 5.80. The summed E-state index contributed by atoms with van der Waals surface area (Å²) in [5, 5.41) is 4.43. The highest BCUT2D eigenvalue weighted by Gasteiger charge is 2.19.